The van der Waals surface area contributed by atoms with E-state index < -0.39 is 15.9 Å². The van der Waals surface area contributed by atoms with Gasteiger partial charge >= 0.3 is 0 Å². The van der Waals surface area contributed by atoms with Crippen LogP contribution < -0.4 is 10.0 Å². The number of rotatable bonds is 6. The van der Waals surface area contributed by atoms with Crippen molar-refractivity contribution in [3.63, 3.8) is 0 Å². The largest absolute Gasteiger partial charge is 0.326 e. The molecule has 0 atom stereocenters. The van der Waals surface area contributed by atoms with Gasteiger partial charge in [0.05, 0.1) is 4.90 Å². The third-order valence-corrected chi connectivity index (χ3v) is 4.61. The maximum absolute atomic E-state index is 12.1. The molecule has 6 nitrogen and oxygen atoms in total. The molecular formula is C17H18N2O4S. The van der Waals surface area contributed by atoms with Crippen LogP contribution in [0.4, 0.5) is 5.69 Å². The first-order valence-electron chi connectivity index (χ1n) is 7.34. The maximum atomic E-state index is 12.1. The van der Waals surface area contributed by atoms with Crippen molar-refractivity contribution in [1.29, 1.82) is 0 Å². The molecule has 0 fully saturated rings. The van der Waals surface area contributed by atoms with Gasteiger partial charge in [-0.2, -0.15) is 0 Å². The van der Waals surface area contributed by atoms with Crippen molar-refractivity contribution in [2.45, 2.75) is 24.7 Å². The van der Waals surface area contributed by atoms with E-state index in [1.165, 1.54) is 12.1 Å². The van der Waals surface area contributed by atoms with E-state index in [-0.39, 0.29) is 23.6 Å². The van der Waals surface area contributed by atoms with Crippen molar-refractivity contribution < 1.29 is 18.0 Å². The second kappa shape index (κ2) is 7.74. The maximum Gasteiger partial charge on any atom is 0.264 e. The molecule has 0 aliphatic rings. The number of carbonyl (C=O) groups excluding carboxylic acids is 2. The summed E-state index contributed by atoms with van der Waals surface area (Å²) in [6.45, 7) is 1.83. The Kier molecular flexibility index (Phi) is 5.70. The Balaban J connectivity index is 1.86. The van der Waals surface area contributed by atoms with Gasteiger partial charge in [0.25, 0.3) is 10.0 Å². The summed E-state index contributed by atoms with van der Waals surface area (Å²) in [7, 11) is -3.91. The Morgan fingerprint density at radius 2 is 1.46 bits per heavy atom. The monoisotopic (exact) mass is 346 g/mol. The number of amides is 2. The second-order valence-electron chi connectivity index (χ2n) is 5.26. The first-order valence-corrected chi connectivity index (χ1v) is 8.82. The fourth-order valence-corrected chi connectivity index (χ4v) is 2.96. The molecule has 0 bridgehead atoms. The van der Waals surface area contributed by atoms with Gasteiger partial charge in [-0.1, -0.05) is 35.9 Å². The lowest BCUT2D eigenvalue weighted by Gasteiger charge is -2.08. The Morgan fingerprint density at radius 1 is 0.875 bits per heavy atom. The van der Waals surface area contributed by atoms with Crippen molar-refractivity contribution in [1.82, 2.24) is 4.72 Å². The van der Waals surface area contributed by atoms with E-state index in [4.69, 9.17) is 0 Å². The average Bonchev–Trinajstić information content (AvgIpc) is 2.54. The molecule has 2 N–H and O–H groups in total. The van der Waals surface area contributed by atoms with Gasteiger partial charge in [-0.25, -0.2) is 13.1 Å². The highest BCUT2D eigenvalue weighted by atomic mass is 32.2. The van der Waals surface area contributed by atoms with Crippen molar-refractivity contribution in [3.8, 4) is 0 Å². The first kappa shape index (κ1) is 17.7. The molecule has 0 saturated carbocycles. The molecule has 126 valence electrons. The molecule has 2 amide bonds. The Morgan fingerprint density at radius 3 is 2.08 bits per heavy atom. The van der Waals surface area contributed by atoms with Crippen LogP contribution in [0.5, 0.6) is 0 Å². The summed E-state index contributed by atoms with van der Waals surface area (Å²) >= 11 is 0. The number of hydrogen-bond acceptors (Lipinski definition) is 4. The van der Waals surface area contributed by atoms with Gasteiger partial charge in [0.2, 0.25) is 11.8 Å². The van der Waals surface area contributed by atoms with Crippen molar-refractivity contribution in [2.75, 3.05) is 5.32 Å². The lowest BCUT2D eigenvalue weighted by molar-refractivity contribution is -0.123. The summed E-state index contributed by atoms with van der Waals surface area (Å²) in [6, 6.07) is 14.9. The number of benzene rings is 2. The molecule has 0 aromatic heterocycles. The van der Waals surface area contributed by atoms with E-state index in [0.29, 0.717) is 5.69 Å². The number of sulfonamides is 1. The van der Waals surface area contributed by atoms with Gasteiger partial charge in [0, 0.05) is 18.5 Å². The number of carbonyl (C=O) groups is 2. The van der Waals surface area contributed by atoms with Gasteiger partial charge in [-0.05, 0) is 31.2 Å². The topological polar surface area (TPSA) is 92.3 Å². The molecule has 0 saturated heterocycles. The van der Waals surface area contributed by atoms with E-state index in [2.05, 4.69) is 5.32 Å². The summed E-state index contributed by atoms with van der Waals surface area (Å²) in [5, 5.41) is 2.63. The van der Waals surface area contributed by atoms with E-state index in [1.807, 2.05) is 17.7 Å². The highest BCUT2D eigenvalue weighted by Crippen LogP contribution is 2.10. The molecule has 0 radical (unpaired) electrons. The highest BCUT2D eigenvalue weighted by Gasteiger charge is 2.18. The Bertz CT molecular complexity index is 815. The van der Waals surface area contributed by atoms with Crippen molar-refractivity contribution in [2.24, 2.45) is 0 Å². The third-order valence-electron chi connectivity index (χ3n) is 3.22. The highest BCUT2D eigenvalue weighted by molar-refractivity contribution is 7.90. The normalized spacial score (nSPS) is 10.9. The molecule has 7 heteroatoms. The van der Waals surface area contributed by atoms with Crippen LogP contribution in [0.15, 0.2) is 59.5 Å². The molecule has 0 unspecified atom stereocenters. The van der Waals surface area contributed by atoms with Gasteiger partial charge in [0.15, 0.2) is 0 Å². The van der Waals surface area contributed by atoms with Gasteiger partial charge in [-0.3, -0.25) is 9.59 Å². The van der Waals surface area contributed by atoms with Gasteiger partial charge < -0.3 is 5.32 Å². The zero-order chi connectivity index (χ0) is 17.6. The summed E-state index contributed by atoms with van der Waals surface area (Å²) in [5.74, 6) is -1.08. The summed E-state index contributed by atoms with van der Waals surface area (Å²) in [4.78, 5) is 23.5. The van der Waals surface area contributed by atoms with Crippen molar-refractivity contribution >= 4 is 27.5 Å². The zero-order valence-electron chi connectivity index (χ0n) is 13.2. The first-order chi connectivity index (χ1) is 11.4. The number of hydrogen-bond donors (Lipinski definition) is 2. The number of nitrogens with one attached hydrogen (secondary N) is 2. The van der Waals surface area contributed by atoms with E-state index in [0.717, 1.165) is 5.56 Å². The van der Waals surface area contributed by atoms with Crippen LogP contribution >= 0.6 is 0 Å². The second-order valence-corrected chi connectivity index (χ2v) is 6.94. The SMILES string of the molecule is Cc1ccc(S(=O)(=O)NC(=O)CCC(=O)Nc2ccccc2)cc1. The molecule has 2 aromatic carbocycles. The van der Waals surface area contributed by atoms with E-state index >= 15 is 0 Å². The number of aryl methyl sites for hydroxylation is 1. The molecular weight excluding hydrogens is 328 g/mol. The molecule has 0 aliphatic carbocycles. The van der Waals surface area contributed by atoms with Crippen LogP contribution in [0.3, 0.4) is 0 Å². The van der Waals surface area contributed by atoms with Crippen LogP contribution in [0.25, 0.3) is 0 Å². The van der Waals surface area contributed by atoms with E-state index in [9.17, 15) is 18.0 Å². The standard InChI is InChI=1S/C17H18N2O4S/c1-13-7-9-15(10-8-13)24(22,23)19-17(21)12-11-16(20)18-14-5-3-2-4-6-14/h2-10H,11-12H2,1H3,(H,18,20)(H,19,21). The smallest absolute Gasteiger partial charge is 0.264 e. The fourth-order valence-electron chi connectivity index (χ4n) is 1.95. The van der Waals surface area contributed by atoms with Crippen molar-refractivity contribution in [3.05, 3.63) is 60.2 Å². The predicted molar refractivity (Wildman–Crippen MR) is 90.8 cm³/mol. The van der Waals surface area contributed by atoms with Crippen LogP contribution in [0, 0.1) is 6.92 Å². The summed E-state index contributed by atoms with van der Waals surface area (Å²) < 4.78 is 26.1. The minimum Gasteiger partial charge on any atom is -0.326 e. The molecule has 0 heterocycles. The molecule has 0 aliphatic heterocycles. The minimum absolute atomic E-state index is 0.00943. The van der Waals surface area contributed by atoms with Crippen LogP contribution in [-0.4, -0.2) is 20.2 Å². The Labute approximate surface area is 140 Å². The quantitative estimate of drug-likeness (QED) is 0.839. The van der Waals surface area contributed by atoms with Crippen LogP contribution in [0.1, 0.15) is 18.4 Å². The molecule has 2 aromatic rings. The molecule has 2 rings (SSSR count). The predicted octanol–water partition coefficient (Wildman–Crippen LogP) is 2.22. The number of para-hydroxylation sites is 1. The van der Waals surface area contributed by atoms with Crippen LogP contribution in [0.2, 0.25) is 0 Å². The summed E-state index contributed by atoms with van der Waals surface area (Å²) in [5.41, 5.74) is 1.54. The lowest BCUT2D eigenvalue weighted by Crippen LogP contribution is -2.31. The van der Waals surface area contributed by atoms with E-state index in [1.54, 1.807) is 36.4 Å². The number of anilines is 1. The fraction of sp³-hybridized carbons (Fsp3) is 0.176. The third kappa shape index (κ3) is 5.20. The molecule has 0 spiro atoms. The minimum atomic E-state index is -3.91. The lowest BCUT2D eigenvalue weighted by atomic mass is 10.2. The average molecular weight is 346 g/mol. The Hall–Kier alpha value is -2.67. The van der Waals surface area contributed by atoms with Gasteiger partial charge in [-0.15, -0.1) is 0 Å². The van der Waals surface area contributed by atoms with Gasteiger partial charge in [0.1, 0.15) is 0 Å². The molecule has 24 heavy (non-hydrogen) atoms. The van der Waals surface area contributed by atoms with Crippen LogP contribution in [-0.2, 0) is 19.6 Å². The zero-order valence-corrected chi connectivity index (χ0v) is 14.0. The summed E-state index contributed by atoms with van der Waals surface area (Å²) in [6.07, 6.45) is -0.325.